The van der Waals surface area contributed by atoms with E-state index in [0.717, 1.165) is 54.9 Å². The third kappa shape index (κ3) is 7.32. The predicted octanol–water partition coefficient (Wildman–Crippen LogP) is 3.57. The molecule has 8 heteroatoms. The van der Waals surface area contributed by atoms with Crippen LogP contribution in [0.3, 0.4) is 0 Å². The Hall–Kier alpha value is -3.39. The van der Waals surface area contributed by atoms with E-state index in [1.165, 1.54) is 12.1 Å². The van der Waals surface area contributed by atoms with Gasteiger partial charge in [-0.25, -0.2) is 0 Å². The van der Waals surface area contributed by atoms with Crippen LogP contribution < -0.4 is 11.1 Å². The van der Waals surface area contributed by atoms with E-state index in [-0.39, 0.29) is 18.1 Å². The van der Waals surface area contributed by atoms with Gasteiger partial charge in [0.15, 0.2) is 5.76 Å². The van der Waals surface area contributed by atoms with Gasteiger partial charge in [0, 0.05) is 18.7 Å². The standard InChI is InChI=1S/C25H32N4O4/c1-2-3-14-29-19(17-22(28-29)23-8-6-15-33-23)7-4-5-9-24(31)27-25(32)21(26)16-18-10-12-20(30)13-11-18/h6,8,10-13,15,17,21,30H,2-5,7,9,14,16,26H2,1H3,(H,27,31,32)/t21-/m0/s1. The van der Waals surface area contributed by atoms with Crippen molar-refractivity contribution in [2.75, 3.05) is 0 Å². The van der Waals surface area contributed by atoms with E-state index in [2.05, 4.69) is 17.3 Å². The lowest BCUT2D eigenvalue weighted by Gasteiger charge is -2.12. The number of phenols is 1. The quantitative estimate of drug-likeness (QED) is 0.361. The maximum Gasteiger partial charge on any atom is 0.243 e. The first-order chi connectivity index (χ1) is 16.0. The van der Waals surface area contributed by atoms with E-state index in [4.69, 9.17) is 10.2 Å². The van der Waals surface area contributed by atoms with Gasteiger partial charge in [0.25, 0.3) is 0 Å². The van der Waals surface area contributed by atoms with Crippen molar-refractivity contribution in [1.29, 1.82) is 0 Å². The molecule has 3 aromatic rings. The Labute approximate surface area is 193 Å². The number of nitrogens with one attached hydrogen (secondary N) is 1. The van der Waals surface area contributed by atoms with E-state index in [1.807, 2.05) is 22.9 Å². The van der Waals surface area contributed by atoms with Crippen molar-refractivity contribution in [3.05, 3.63) is 60.0 Å². The molecule has 0 aliphatic carbocycles. The number of aromatic hydroxyl groups is 1. The van der Waals surface area contributed by atoms with Crippen molar-refractivity contribution >= 4 is 11.8 Å². The van der Waals surface area contributed by atoms with E-state index in [1.54, 1.807) is 18.4 Å². The molecule has 0 spiro atoms. The fourth-order valence-corrected chi connectivity index (χ4v) is 3.57. The molecule has 4 N–H and O–H groups in total. The lowest BCUT2D eigenvalue weighted by atomic mass is 10.1. The summed E-state index contributed by atoms with van der Waals surface area (Å²) in [6, 6.07) is 11.4. The summed E-state index contributed by atoms with van der Waals surface area (Å²) in [6.45, 7) is 2.99. The molecule has 0 radical (unpaired) electrons. The third-order valence-electron chi connectivity index (χ3n) is 5.44. The highest BCUT2D eigenvalue weighted by molar-refractivity contribution is 5.97. The number of phenolic OH excluding ortho intramolecular Hbond substituents is 1. The number of carbonyl (C=O) groups excluding carboxylic acids is 2. The number of furan rings is 1. The number of nitrogens with zero attached hydrogens (tertiary/aromatic N) is 2. The Kier molecular flexibility index (Phi) is 8.83. The molecule has 176 valence electrons. The summed E-state index contributed by atoms with van der Waals surface area (Å²) in [5, 5.41) is 16.4. The van der Waals surface area contributed by atoms with Gasteiger partial charge in [-0.15, -0.1) is 0 Å². The SMILES string of the molecule is CCCCn1nc(-c2ccco2)cc1CCCCC(=O)NC(=O)[C@@H](N)Cc1ccc(O)cc1. The van der Waals surface area contributed by atoms with Crippen molar-refractivity contribution < 1.29 is 19.1 Å². The average molecular weight is 453 g/mol. The Bertz CT molecular complexity index is 1030. The summed E-state index contributed by atoms with van der Waals surface area (Å²) in [5.41, 5.74) is 8.67. The number of imide groups is 1. The lowest BCUT2D eigenvalue weighted by Crippen LogP contribution is -2.44. The molecular weight excluding hydrogens is 420 g/mol. The fraction of sp³-hybridized carbons (Fsp3) is 0.400. The van der Waals surface area contributed by atoms with Crippen molar-refractivity contribution in [1.82, 2.24) is 15.1 Å². The summed E-state index contributed by atoms with van der Waals surface area (Å²) in [6.07, 6.45) is 6.55. The topological polar surface area (TPSA) is 123 Å². The average Bonchev–Trinajstić information content (AvgIpc) is 3.47. The first-order valence-electron chi connectivity index (χ1n) is 11.4. The van der Waals surface area contributed by atoms with Crippen LogP contribution in [0.4, 0.5) is 0 Å². The van der Waals surface area contributed by atoms with E-state index < -0.39 is 11.9 Å². The van der Waals surface area contributed by atoms with Crippen LogP contribution in [-0.2, 0) is 29.0 Å². The molecule has 33 heavy (non-hydrogen) atoms. The van der Waals surface area contributed by atoms with E-state index in [0.29, 0.717) is 12.8 Å². The zero-order valence-electron chi connectivity index (χ0n) is 19.0. The molecule has 1 aromatic carbocycles. The molecule has 0 saturated carbocycles. The number of benzene rings is 1. The number of carbonyl (C=O) groups is 2. The van der Waals surface area contributed by atoms with Gasteiger partial charge in [0.1, 0.15) is 11.4 Å². The van der Waals surface area contributed by atoms with Gasteiger partial charge in [-0.3, -0.25) is 19.6 Å². The number of amides is 2. The molecule has 2 heterocycles. The molecular formula is C25H32N4O4. The second-order valence-corrected chi connectivity index (χ2v) is 8.17. The van der Waals surface area contributed by atoms with Crippen LogP contribution in [0, 0.1) is 0 Å². The van der Waals surface area contributed by atoms with Crippen LogP contribution in [0.2, 0.25) is 0 Å². The monoisotopic (exact) mass is 452 g/mol. The molecule has 0 aliphatic rings. The minimum atomic E-state index is -0.827. The highest BCUT2D eigenvalue weighted by Crippen LogP contribution is 2.21. The van der Waals surface area contributed by atoms with E-state index >= 15 is 0 Å². The maximum atomic E-state index is 12.2. The number of aryl methyl sites for hydroxylation is 2. The summed E-state index contributed by atoms with van der Waals surface area (Å²) in [5.74, 6) is 0.0799. The first-order valence-corrected chi connectivity index (χ1v) is 11.4. The largest absolute Gasteiger partial charge is 0.508 e. The van der Waals surface area contributed by atoms with Crippen LogP contribution in [0.15, 0.2) is 53.1 Å². The molecule has 0 fully saturated rings. The zero-order valence-corrected chi connectivity index (χ0v) is 19.0. The van der Waals surface area contributed by atoms with Crippen molar-refractivity contribution in [2.45, 2.75) is 64.5 Å². The molecule has 0 bridgehead atoms. The molecule has 2 amide bonds. The first kappa shape index (κ1) is 24.3. The number of aromatic nitrogens is 2. The number of nitrogens with two attached hydrogens (primary N) is 1. The van der Waals surface area contributed by atoms with Crippen LogP contribution in [0.5, 0.6) is 5.75 Å². The van der Waals surface area contributed by atoms with Crippen LogP contribution in [0.1, 0.15) is 50.3 Å². The minimum Gasteiger partial charge on any atom is -0.508 e. The van der Waals surface area contributed by atoms with Crippen LogP contribution >= 0.6 is 0 Å². The maximum absolute atomic E-state index is 12.2. The van der Waals surface area contributed by atoms with Crippen LogP contribution in [-0.4, -0.2) is 32.7 Å². The number of hydrogen-bond acceptors (Lipinski definition) is 6. The second-order valence-electron chi connectivity index (χ2n) is 8.17. The van der Waals surface area contributed by atoms with Crippen molar-refractivity contribution in [3.8, 4) is 17.2 Å². The number of unbranched alkanes of at least 4 members (excludes halogenated alkanes) is 2. The minimum absolute atomic E-state index is 0.151. The number of hydrogen-bond donors (Lipinski definition) is 3. The Morgan fingerprint density at radius 3 is 2.67 bits per heavy atom. The predicted molar refractivity (Wildman–Crippen MR) is 125 cm³/mol. The Balaban J connectivity index is 1.43. The normalized spacial score (nSPS) is 11.9. The molecule has 2 aromatic heterocycles. The highest BCUT2D eigenvalue weighted by Gasteiger charge is 2.17. The van der Waals surface area contributed by atoms with E-state index in [9.17, 15) is 14.7 Å². The summed E-state index contributed by atoms with van der Waals surface area (Å²) >= 11 is 0. The van der Waals surface area contributed by atoms with Gasteiger partial charge in [0.05, 0.1) is 12.3 Å². The molecule has 0 unspecified atom stereocenters. The second kappa shape index (κ2) is 12.0. The highest BCUT2D eigenvalue weighted by atomic mass is 16.3. The Morgan fingerprint density at radius 1 is 1.18 bits per heavy atom. The molecule has 8 nitrogen and oxygen atoms in total. The van der Waals surface area contributed by atoms with Gasteiger partial charge in [0.2, 0.25) is 11.8 Å². The number of rotatable bonds is 12. The third-order valence-corrected chi connectivity index (χ3v) is 5.44. The van der Waals surface area contributed by atoms with Gasteiger partial charge >= 0.3 is 0 Å². The molecule has 1 atom stereocenters. The fourth-order valence-electron chi connectivity index (χ4n) is 3.57. The smallest absolute Gasteiger partial charge is 0.243 e. The summed E-state index contributed by atoms with van der Waals surface area (Å²) < 4.78 is 7.49. The molecule has 0 saturated heterocycles. The lowest BCUT2D eigenvalue weighted by molar-refractivity contribution is -0.131. The van der Waals surface area contributed by atoms with Gasteiger partial charge in [-0.2, -0.15) is 5.10 Å². The van der Waals surface area contributed by atoms with Gasteiger partial charge in [-0.1, -0.05) is 25.5 Å². The van der Waals surface area contributed by atoms with Crippen molar-refractivity contribution in [3.63, 3.8) is 0 Å². The summed E-state index contributed by atoms with van der Waals surface area (Å²) in [4.78, 5) is 24.4. The van der Waals surface area contributed by atoms with Crippen molar-refractivity contribution in [2.24, 2.45) is 5.73 Å². The summed E-state index contributed by atoms with van der Waals surface area (Å²) in [7, 11) is 0. The Morgan fingerprint density at radius 2 is 1.97 bits per heavy atom. The van der Waals surface area contributed by atoms with Gasteiger partial charge < -0.3 is 15.3 Å². The zero-order chi connectivity index (χ0) is 23.6. The van der Waals surface area contributed by atoms with Gasteiger partial charge in [-0.05, 0) is 68.0 Å². The van der Waals surface area contributed by atoms with Crippen LogP contribution in [0.25, 0.3) is 11.5 Å². The molecule has 3 rings (SSSR count). The molecule has 0 aliphatic heterocycles.